The monoisotopic (exact) mass is 290 g/mol. The first-order chi connectivity index (χ1) is 8.15. The molecule has 1 N–H and O–H groups in total. The van der Waals surface area contributed by atoms with Gasteiger partial charge in [0.15, 0.2) is 0 Å². The van der Waals surface area contributed by atoms with Gasteiger partial charge in [-0.25, -0.2) is 0 Å². The van der Waals surface area contributed by atoms with Gasteiger partial charge >= 0.3 is 5.97 Å². The van der Waals surface area contributed by atoms with Gasteiger partial charge in [-0.3, -0.25) is 4.79 Å². The molecular weight excluding hydrogens is 280 g/mol. The number of carboxylic acid groups (broad SMARTS) is 1. The van der Waals surface area contributed by atoms with Crippen molar-refractivity contribution in [3.63, 3.8) is 0 Å². The normalized spacial score (nSPS) is 10.2. The molecule has 2 aromatic carbocycles. The van der Waals surface area contributed by atoms with Crippen LogP contribution in [0.15, 0.2) is 53.0 Å². The second-order valence-electron chi connectivity index (χ2n) is 3.78. The number of carboxylic acids is 1. The molecule has 0 radical (unpaired) electrons. The fourth-order valence-corrected chi connectivity index (χ4v) is 2.10. The molecule has 0 bridgehead atoms. The van der Waals surface area contributed by atoms with Gasteiger partial charge in [-0.1, -0.05) is 52.3 Å². The first-order valence-electron chi connectivity index (χ1n) is 5.22. The molecule has 0 fully saturated rings. The Balaban J connectivity index is 2.36. The van der Waals surface area contributed by atoms with Crippen molar-refractivity contribution in [2.24, 2.45) is 0 Å². The van der Waals surface area contributed by atoms with Crippen LogP contribution in [0.25, 0.3) is 11.1 Å². The fourth-order valence-electron chi connectivity index (χ4n) is 1.70. The van der Waals surface area contributed by atoms with Gasteiger partial charge in [-0.05, 0) is 28.8 Å². The SMILES string of the molecule is O=C(O)Cc1cccc(-c2cccc(Br)c2)c1. The van der Waals surface area contributed by atoms with E-state index < -0.39 is 5.97 Å². The Morgan fingerprint density at radius 3 is 2.35 bits per heavy atom. The summed E-state index contributed by atoms with van der Waals surface area (Å²) < 4.78 is 1.01. The van der Waals surface area contributed by atoms with Crippen molar-refractivity contribution in [3.8, 4) is 11.1 Å². The van der Waals surface area contributed by atoms with Gasteiger partial charge < -0.3 is 5.11 Å². The highest BCUT2D eigenvalue weighted by molar-refractivity contribution is 9.10. The van der Waals surface area contributed by atoms with Crippen molar-refractivity contribution in [1.29, 1.82) is 0 Å². The van der Waals surface area contributed by atoms with Crippen molar-refractivity contribution >= 4 is 21.9 Å². The molecule has 0 spiro atoms. The topological polar surface area (TPSA) is 37.3 Å². The van der Waals surface area contributed by atoms with E-state index in [1.807, 2.05) is 48.5 Å². The maximum Gasteiger partial charge on any atom is 0.307 e. The Morgan fingerprint density at radius 2 is 1.71 bits per heavy atom. The number of halogens is 1. The number of hydrogen-bond acceptors (Lipinski definition) is 1. The summed E-state index contributed by atoms with van der Waals surface area (Å²) in [5.74, 6) is -0.809. The summed E-state index contributed by atoms with van der Waals surface area (Å²) in [5.41, 5.74) is 2.92. The highest BCUT2D eigenvalue weighted by Crippen LogP contribution is 2.23. The molecule has 0 heterocycles. The third-order valence-electron chi connectivity index (χ3n) is 2.44. The lowest BCUT2D eigenvalue weighted by molar-refractivity contribution is -0.136. The molecule has 0 aromatic heterocycles. The van der Waals surface area contributed by atoms with E-state index in [4.69, 9.17) is 5.11 Å². The number of hydrogen-bond donors (Lipinski definition) is 1. The molecule has 0 aliphatic heterocycles. The van der Waals surface area contributed by atoms with Gasteiger partial charge in [-0.15, -0.1) is 0 Å². The zero-order chi connectivity index (χ0) is 12.3. The minimum Gasteiger partial charge on any atom is -0.481 e. The molecule has 0 amide bonds. The number of rotatable bonds is 3. The zero-order valence-electron chi connectivity index (χ0n) is 9.06. The smallest absolute Gasteiger partial charge is 0.307 e. The maximum absolute atomic E-state index is 10.7. The van der Waals surface area contributed by atoms with E-state index in [1.54, 1.807) is 0 Å². The van der Waals surface area contributed by atoms with E-state index in [2.05, 4.69) is 15.9 Å². The summed E-state index contributed by atoms with van der Waals surface area (Å²) >= 11 is 3.42. The Hall–Kier alpha value is -1.61. The lowest BCUT2D eigenvalue weighted by Gasteiger charge is -2.04. The zero-order valence-corrected chi connectivity index (χ0v) is 10.6. The third-order valence-corrected chi connectivity index (χ3v) is 2.93. The van der Waals surface area contributed by atoms with Crippen LogP contribution < -0.4 is 0 Å². The Morgan fingerprint density at radius 1 is 1.06 bits per heavy atom. The largest absolute Gasteiger partial charge is 0.481 e. The third kappa shape index (κ3) is 3.17. The summed E-state index contributed by atoms with van der Waals surface area (Å²) in [5, 5.41) is 8.76. The highest BCUT2D eigenvalue weighted by atomic mass is 79.9. The van der Waals surface area contributed by atoms with Crippen LogP contribution in [-0.2, 0) is 11.2 Å². The van der Waals surface area contributed by atoms with E-state index in [-0.39, 0.29) is 6.42 Å². The van der Waals surface area contributed by atoms with Crippen LogP contribution in [0.3, 0.4) is 0 Å². The van der Waals surface area contributed by atoms with Gasteiger partial charge in [0.1, 0.15) is 0 Å². The molecule has 0 atom stereocenters. The van der Waals surface area contributed by atoms with E-state index >= 15 is 0 Å². The Kier molecular flexibility index (Phi) is 3.59. The lowest BCUT2D eigenvalue weighted by Crippen LogP contribution is -1.99. The summed E-state index contributed by atoms with van der Waals surface area (Å²) in [6, 6.07) is 15.5. The van der Waals surface area contributed by atoms with Crippen molar-refractivity contribution in [2.45, 2.75) is 6.42 Å². The molecule has 17 heavy (non-hydrogen) atoms. The van der Waals surface area contributed by atoms with Crippen LogP contribution in [0.5, 0.6) is 0 Å². The second-order valence-corrected chi connectivity index (χ2v) is 4.70. The van der Waals surface area contributed by atoms with Gasteiger partial charge in [0.25, 0.3) is 0 Å². The molecule has 2 rings (SSSR count). The number of carbonyl (C=O) groups is 1. The molecule has 0 unspecified atom stereocenters. The fraction of sp³-hybridized carbons (Fsp3) is 0.0714. The molecular formula is C14H11BrO2. The van der Waals surface area contributed by atoms with E-state index in [0.717, 1.165) is 21.2 Å². The molecule has 0 saturated carbocycles. The molecule has 86 valence electrons. The molecule has 0 saturated heterocycles. The maximum atomic E-state index is 10.7. The second kappa shape index (κ2) is 5.15. The average Bonchev–Trinajstić information content (AvgIpc) is 2.28. The van der Waals surface area contributed by atoms with Crippen molar-refractivity contribution in [3.05, 3.63) is 58.6 Å². The summed E-state index contributed by atoms with van der Waals surface area (Å²) in [6.45, 7) is 0. The first-order valence-corrected chi connectivity index (χ1v) is 6.01. The Bertz CT molecular complexity index is 549. The van der Waals surface area contributed by atoms with Crippen LogP contribution in [0.1, 0.15) is 5.56 Å². The van der Waals surface area contributed by atoms with Gasteiger partial charge in [0.05, 0.1) is 6.42 Å². The number of aliphatic carboxylic acids is 1. The van der Waals surface area contributed by atoms with Gasteiger partial charge in [-0.2, -0.15) is 0 Å². The van der Waals surface area contributed by atoms with Gasteiger partial charge in [0, 0.05) is 4.47 Å². The van der Waals surface area contributed by atoms with Crippen LogP contribution in [0, 0.1) is 0 Å². The summed E-state index contributed by atoms with van der Waals surface area (Å²) in [6.07, 6.45) is 0.0574. The van der Waals surface area contributed by atoms with Crippen molar-refractivity contribution in [2.75, 3.05) is 0 Å². The molecule has 0 aliphatic carbocycles. The predicted molar refractivity (Wildman–Crippen MR) is 70.9 cm³/mol. The average molecular weight is 291 g/mol. The molecule has 3 heteroatoms. The molecule has 2 nitrogen and oxygen atoms in total. The van der Waals surface area contributed by atoms with E-state index in [0.29, 0.717) is 0 Å². The van der Waals surface area contributed by atoms with Crippen LogP contribution in [-0.4, -0.2) is 11.1 Å². The Labute approximate surface area is 108 Å². The van der Waals surface area contributed by atoms with E-state index in [9.17, 15) is 4.79 Å². The van der Waals surface area contributed by atoms with E-state index in [1.165, 1.54) is 0 Å². The van der Waals surface area contributed by atoms with Crippen LogP contribution in [0.4, 0.5) is 0 Å². The minimum absolute atomic E-state index is 0.0574. The van der Waals surface area contributed by atoms with Crippen LogP contribution >= 0.6 is 15.9 Å². The quantitative estimate of drug-likeness (QED) is 0.935. The lowest BCUT2D eigenvalue weighted by atomic mass is 10.0. The van der Waals surface area contributed by atoms with Crippen molar-refractivity contribution in [1.82, 2.24) is 0 Å². The van der Waals surface area contributed by atoms with Gasteiger partial charge in [0.2, 0.25) is 0 Å². The molecule has 2 aromatic rings. The van der Waals surface area contributed by atoms with Crippen molar-refractivity contribution < 1.29 is 9.90 Å². The predicted octanol–water partition coefficient (Wildman–Crippen LogP) is 3.74. The highest BCUT2D eigenvalue weighted by Gasteiger charge is 2.03. The number of benzene rings is 2. The summed E-state index contributed by atoms with van der Waals surface area (Å²) in [4.78, 5) is 10.7. The minimum atomic E-state index is -0.809. The first kappa shape index (κ1) is 11.9. The molecule has 0 aliphatic rings. The standard InChI is InChI=1S/C14H11BrO2/c15-13-6-2-5-12(9-13)11-4-1-3-10(7-11)8-14(16)17/h1-7,9H,8H2,(H,16,17). The van der Waals surface area contributed by atoms with Crippen LogP contribution in [0.2, 0.25) is 0 Å². The summed E-state index contributed by atoms with van der Waals surface area (Å²) in [7, 11) is 0.